The number of methoxy groups -OCH3 is 1. The molecule has 0 saturated carbocycles. The number of aromatic nitrogens is 1. The number of pyridine rings is 1. The number of likely N-dealkylation sites (tertiary alicyclic amines) is 1. The number of carbonyl (C=O) groups is 2. The number of rotatable bonds is 12. The van der Waals surface area contributed by atoms with E-state index in [0.29, 0.717) is 5.39 Å². The van der Waals surface area contributed by atoms with Gasteiger partial charge in [-0.2, -0.15) is 30.6 Å². The molecule has 18 heteroatoms. The lowest BCUT2D eigenvalue weighted by atomic mass is 9.83. The summed E-state index contributed by atoms with van der Waals surface area (Å²) in [5.41, 5.74) is -2.02. The minimum Gasteiger partial charge on any atom is -0.495 e. The average molecular weight is 796 g/mol. The number of halogens is 6. The minimum atomic E-state index is -4.71. The average Bonchev–Trinajstić information content (AvgIpc) is 3.12. The molecular weight excluding hydrogens is 756 g/mol. The van der Waals surface area contributed by atoms with E-state index in [1.807, 2.05) is 0 Å². The van der Waals surface area contributed by atoms with Crippen molar-refractivity contribution in [1.82, 2.24) is 14.2 Å². The highest BCUT2D eigenvalue weighted by Gasteiger charge is 2.38. The number of alkyl halides is 6. The molecule has 2 heterocycles. The maximum atomic E-state index is 13.5. The van der Waals surface area contributed by atoms with Crippen LogP contribution in [0.15, 0.2) is 66.7 Å². The molecule has 1 aliphatic heterocycles. The summed E-state index contributed by atoms with van der Waals surface area (Å²) in [4.78, 5) is 31.5. The van der Waals surface area contributed by atoms with E-state index in [2.05, 4.69) is 15.6 Å². The fraction of sp³-hybridized carbons (Fsp3) is 0.378. The van der Waals surface area contributed by atoms with Crippen molar-refractivity contribution in [3.8, 4) is 5.75 Å². The molecule has 4 aromatic rings. The van der Waals surface area contributed by atoms with Gasteiger partial charge in [0.25, 0.3) is 5.91 Å². The molecule has 1 aromatic heterocycles. The van der Waals surface area contributed by atoms with E-state index in [1.165, 1.54) is 48.4 Å². The lowest BCUT2D eigenvalue weighted by Crippen LogP contribution is -2.45. The van der Waals surface area contributed by atoms with Crippen LogP contribution in [0.5, 0.6) is 5.75 Å². The zero-order chi connectivity index (χ0) is 40.3. The molecule has 0 spiro atoms. The van der Waals surface area contributed by atoms with Gasteiger partial charge in [0.15, 0.2) is 0 Å². The van der Waals surface area contributed by atoms with E-state index in [-0.39, 0.29) is 85.8 Å². The van der Waals surface area contributed by atoms with E-state index in [4.69, 9.17) is 4.74 Å². The molecule has 2 amide bonds. The molecule has 0 atom stereocenters. The van der Waals surface area contributed by atoms with Gasteiger partial charge in [-0.05, 0) is 73.9 Å². The first kappa shape index (κ1) is 41.2. The number of hydrogen-bond donors (Lipinski definition) is 3. The number of aryl methyl sites for hydroxylation is 1. The molecule has 3 N–H and O–H groups in total. The normalized spacial score (nSPS) is 14.9. The third kappa shape index (κ3) is 10.0. The second-order valence-electron chi connectivity index (χ2n) is 13.3. The van der Waals surface area contributed by atoms with E-state index in [0.717, 1.165) is 34.3 Å². The number of carbonyl (C=O) groups excluding carboxylic acids is 2. The van der Waals surface area contributed by atoms with Gasteiger partial charge in [0.2, 0.25) is 15.9 Å². The predicted octanol–water partition coefficient (Wildman–Crippen LogP) is 6.42. The number of ether oxygens (including phenoxy) is 1. The highest BCUT2D eigenvalue weighted by atomic mass is 32.2. The number of benzene rings is 3. The number of aliphatic hydroxyl groups is 1. The van der Waals surface area contributed by atoms with Gasteiger partial charge < -0.3 is 25.4 Å². The molecular formula is C37H39F6N5O6S. The number of anilines is 2. The van der Waals surface area contributed by atoms with Crippen LogP contribution in [0.3, 0.4) is 0 Å². The summed E-state index contributed by atoms with van der Waals surface area (Å²) >= 11 is 0. The number of piperidine rings is 1. The second-order valence-corrected chi connectivity index (χ2v) is 15.3. The molecule has 1 fully saturated rings. The Morgan fingerprint density at radius 3 is 2.29 bits per heavy atom. The molecule has 0 unspecified atom stereocenters. The van der Waals surface area contributed by atoms with Crippen molar-refractivity contribution in [1.29, 1.82) is 0 Å². The second kappa shape index (κ2) is 16.0. The molecule has 55 heavy (non-hydrogen) atoms. The summed E-state index contributed by atoms with van der Waals surface area (Å²) in [5.74, 6) is -0.891. The molecule has 0 bridgehead atoms. The van der Waals surface area contributed by atoms with Crippen LogP contribution in [-0.2, 0) is 32.8 Å². The number of amides is 2. The number of sulfonamides is 1. The van der Waals surface area contributed by atoms with Crippen molar-refractivity contribution in [2.75, 3.05) is 56.7 Å². The summed E-state index contributed by atoms with van der Waals surface area (Å²) in [7, 11) is -2.53. The lowest BCUT2D eigenvalue weighted by molar-refractivity contribution is -0.141. The highest BCUT2D eigenvalue weighted by molar-refractivity contribution is 7.88. The molecule has 0 radical (unpaired) electrons. The Balaban J connectivity index is 1.18. The Morgan fingerprint density at radius 2 is 1.65 bits per heavy atom. The zero-order valence-corrected chi connectivity index (χ0v) is 30.8. The number of nitrogens with one attached hydrogen (secondary N) is 2. The summed E-state index contributed by atoms with van der Waals surface area (Å²) in [6.07, 6.45) is -8.61. The highest BCUT2D eigenvalue weighted by Crippen LogP contribution is 2.38. The summed E-state index contributed by atoms with van der Waals surface area (Å²) in [6, 6.07) is 14.4. The summed E-state index contributed by atoms with van der Waals surface area (Å²) in [5, 5.41) is 17.1. The monoisotopic (exact) mass is 795 g/mol. The van der Waals surface area contributed by atoms with Crippen LogP contribution in [0.25, 0.3) is 10.9 Å². The van der Waals surface area contributed by atoms with Crippen molar-refractivity contribution in [3.63, 3.8) is 0 Å². The van der Waals surface area contributed by atoms with E-state index in [9.17, 15) is 49.5 Å². The van der Waals surface area contributed by atoms with Crippen LogP contribution >= 0.6 is 0 Å². The fourth-order valence-electron chi connectivity index (χ4n) is 6.29. The lowest BCUT2D eigenvalue weighted by Gasteiger charge is -2.38. The number of fused-ring (bicyclic) bond motifs is 1. The van der Waals surface area contributed by atoms with Crippen molar-refractivity contribution in [3.05, 3.63) is 94.7 Å². The van der Waals surface area contributed by atoms with Crippen molar-refractivity contribution < 1.29 is 54.2 Å². The van der Waals surface area contributed by atoms with Gasteiger partial charge in [-0.15, -0.1) is 0 Å². The fourth-order valence-corrected chi connectivity index (χ4v) is 7.14. The Labute approximate surface area is 313 Å². The smallest absolute Gasteiger partial charge is 0.433 e. The van der Waals surface area contributed by atoms with Crippen LogP contribution in [0.4, 0.5) is 37.7 Å². The van der Waals surface area contributed by atoms with E-state index < -0.39 is 51.0 Å². The maximum absolute atomic E-state index is 13.5. The van der Waals surface area contributed by atoms with Crippen LogP contribution in [0.2, 0.25) is 0 Å². The van der Waals surface area contributed by atoms with Crippen LogP contribution in [0.1, 0.15) is 52.0 Å². The van der Waals surface area contributed by atoms with Gasteiger partial charge in [0.1, 0.15) is 11.4 Å². The minimum absolute atomic E-state index is 0.00518. The first-order valence-electron chi connectivity index (χ1n) is 17.0. The Morgan fingerprint density at radius 1 is 0.945 bits per heavy atom. The van der Waals surface area contributed by atoms with Crippen molar-refractivity contribution >= 4 is 44.1 Å². The van der Waals surface area contributed by atoms with Crippen molar-refractivity contribution in [2.45, 2.75) is 44.1 Å². The van der Waals surface area contributed by atoms with E-state index >= 15 is 0 Å². The molecule has 1 saturated heterocycles. The molecule has 5 rings (SSSR count). The Hall–Kier alpha value is -4.94. The largest absolute Gasteiger partial charge is 0.495 e. The van der Waals surface area contributed by atoms with Gasteiger partial charge in [-0.3, -0.25) is 9.59 Å². The predicted molar refractivity (Wildman–Crippen MR) is 193 cm³/mol. The van der Waals surface area contributed by atoms with E-state index in [1.54, 1.807) is 19.1 Å². The molecule has 1 aliphatic rings. The first-order chi connectivity index (χ1) is 25.7. The van der Waals surface area contributed by atoms with Crippen LogP contribution < -0.4 is 15.4 Å². The Kier molecular flexibility index (Phi) is 12.0. The molecule has 296 valence electrons. The maximum Gasteiger partial charge on any atom is 0.433 e. The Bertz CT molecular complexity index is 2170. The summed E-state index contributed by atoms with van der Waals surface area (Å²) < 4.78 is 112. The van der Waals surface area contributed by atoms with Gasteiger partial charge in [-0.1, -0.05) is 23.8 Å². The molecule has 3 aromatic carbocycles. The molecule has 0 aliphatic carbocycles. The van der Waals surface area contributed by atoms with Crippen LogP contribution in [0, 0.1) is 6.92 Å². The third-order valence-electron chi connectivity index (χ3n) is 9.32. The van der Waals surface area contributed by atoms with Gasteiger partial charge >= 0.3 is 12.4 Å². The number of nitrogens with zero attached hydrogens (tertiary/aromatic N) is 3. The van der Waals surface area contributed by atoms with Gasteiger partial charge in [0.05, 0.1) is 35.7 Å². The van der Waals surface area contributed by atoms with Crippen LogP contribution in [-0.4, -0.2) is 85.6 Å². The van der Waals surface area contributed by atoms with Crippen molar-refractivity contribution in [2.24, 2.45) is 0 Å². The van der Waals surface area contributed by atoms with Gasteiger partial charge in [-0.25, -0.2) is 13.4 Å². The molecule has 11 nitrogen and oxygen atoms in total. The summed E-state index contributed by atoms with van der Waals surface area (Å²) in [6.45, 7) is 1.39. The third-order valence-corrected chi connectivity index (χ3v) is 10.6. The zero-order valence-electron chi connectivity index (χ0n) is 30.0. The number of hydrogen-bond acceptors (Lipinski definition) is 8. The topological polar surface area (TPSA) is 141 Å². The SMILES string of the molecule is COc1cc(C(=O)N2CCC(O)(c3cccc(C(F)(F)F)c3)CC2)ccc1NC(=O)CCN(CCNc1cc(C(F)(F)F)nc2ccc(C)cc12)S(C)(=O)=O. The van der Waals surface area contributed by atoms with Gasteiger partial charge in [0, 0.05) is 55.8 Å². The quantitative estimate of drug-likeness (QED) is 0.140. The standard InChI is InChI=1S/C37H39F6N5O6S/c1-23-7-9-28-27(19-23)30(22-32(45-28)37(41,42)43)44-14-18-48(55(3,52)53)15-11-33(49)46-29-10-8-24(20-31(29)54-2)34(50)47-16-12-35(51,13-17-47)25-5-4-6-26(21-25)36(38,39)40/h4-10,19-22,51H,11-18H2,1-3H3,(H,44,45)(H,46,49). The first-order valence-corrected chi connectivity index (χ1v) is 18.9.